The van der Waals surface area contributed by atoms with Crippen molar-refractivity contribution >= 4 is 26.9 Å². The van der Waals surface area contributed by atoms with Crippen molar-refractivity contribution < 1.29 is 17.6 Å². The molecule has 0 saturated carbocycles. The average Bonchev–Trinajstić information content (AvgIpc) is 3.22. The molecule has 0 radical (unpaired) electrons. The van der Waals surface area contributed by atoms with E-state index >= 15 is 0 Å². The monoisotopic (exact) mass is 364 g/mol. The molecule has 1 aliphatic heterocycles. The Balaban J connectivity index is 1.72. The molecule has 3 rings (SSSR count). The molecule has 1 amide bonds. The molecular weight excluding hydrogens is 340 g/mol. The Morgan fingerprint density at radius 2 is 2.16 bits per heavy atom. The van der Waals surface area contributed by atoms with E-state index in [9.17, 15) is 13.2 Å². The third-order valence-corrected chi connectivity index (χ3v) is 6.63. The van der Waals surface area contributed by atoms with Crippen LogP contribution in [0.4, 0.5) is 0 Å². The maximum Gasteiger partial charge on any atom is 0.239 e. The molecule has 7 heteroatoms. The van der Waals surface area contributed by atoms with Crippen LogP contribution in [0.5, 0.6) is 0 Å². The van der Waals surface area contributed by atoms with E-state index in [4.69, 9.17) is 4.42 Å². The van der Waals surface area contributed by atoms with Crippen molar-refractivity contribution in [1.82, 2.24) is 9.62 Å². The van der Waals surface area contributed by atoms with Crippen LogP contribution in [0.3, 0.4) is 0 Å². The van der Waals surface area contributed by atoms with Gasteiger partial charge in [-0.2, -0.15) is 4.31 Å². The number of fused-ring (bicyclic) bond motifs is 1. The first-order valence-corrected chi connectivity index (χ1v) is 10.3. The van der Waals surface area contributed by atoms with Crippen LogP contribution in [-0.4, -0.2) is 37.0 Å². The van der Waals surface area contributed by atoms with Gasteiger partial charge in [0.05, 0.1) is 11.8 Å². The van der Waals surface area contributed by atoms with Crippen LogP contribution in [-0.2, 0) is 14.8 Å². The molecule has 136 valence electrons. The van der Waals surface area contributed by atoms with Crippen molar-refractivity contribution in [2.45, 2.75) is 45.2 Å². The number of furan rings is 1. The Morgan fingerprint density at radius 1 is 1.40 bits per heavy atom. The van der Waals surface area contributed by atoms with Gasteiger partial charge in [-0.3, -0.25) is 4.79 Å². The summed E-state index contributed by atoms with van der Waals surface area (Å²) in [5.41, 5.74) is 0.770. The fourth-order valence-corrected chi connectivity index (χ4v) is 5.05. The lowest BCUT2D eigenvalue weighted by atomic mass is 10.2. The zero-order valence-electron chi connectivity index (χ0n) is 14.6. The highest BCUT2D eigenvalue weighted by atomic mass is 32.2. The summed E-state index contributed by atoms with van der Waals surface area (Å²) in [6, 6.07) is 8.62. The lowest BCUT2D eigenvalue weighted by molar-refractivity contribution is -0.125. The van der Waals surface area contributed by atoms with Crippen molar-refractivity contribution in [3.05, 3.63) is 36.1 Å². The van der Waals surface area contributed by atoms with Gasteiger partial charge in [-0.05, 0) is 38.3 Å². The minimum Gasteiger partial charge on any atom is -0.459 e. The minimum absolute atomic E-state index is 0.0793. The zero-order valence-corrected chi connectivity index (χ0v) is 15.4. The summed E-state index contributed by atoms with van der Waals surface area (Å²) in [5.74, 6) is 0.483. The molecule has 0 bridgehead atoms. The second-order valence-electron chi connectivity index (χ2n) is 6.50. The summed E-state index contributed by atoms with van der Waals surface area (Å²) < 4.78 is 31.8. The van der Waals surface area contributed by atoms with Gasteiger partial charge in [0.25, 0.3) is 0 Å². The highest BCUT2D eigenvalue weighted by molar-refractivity contribution is 7.89. The lowest BCUT2D eigenvalue weighted by Gasteiger charge is -2.24. The van der Waals surface area contributed by atoms with Crippen LogP contribution in [0.25, 0.3) is 11.0 Å². The maximum atomic E-state index is 12.6. The van der Waals surface area contributed by atoms with Gasteiger partial charge in [0.1, 0.15) is 17.4 Å². The highest BCUT2D eigenvalue weighted by Gasteiger charge is 2.38. The van der Waals surface area contributed by atoms with Crippen LogP contribution in [0.1, 0.15) is 44.9 Å². The molecule has 2 unspecified atom stereocenters. The molecule has 0 spiro atoms. The number of amides is 1. The van der Waals surface area contributed by atoms with Crippen LogP contribution in [0, 0.1) is 0 Å². The van der Waals surface area contributed by atoms with Gasteiger partial charge in [0.15, 0.2) is 0 Å². The Labute approximate surface area is 148 Å². The molecule has 2 atom stereocenters. The molecule has 2 heterocycles. The molecule has 1 aromatic heterocycles. The smallest absolute Gasteiger partial charge is 0.239 e. The van der Waals surface area contributed by atoms with Crippen LogP contribution in [0.2, 0.25) is 0 Å². The second-order valence-corrected chi connectivity index (χ2v) is 8.54. The molecule has 25 heavy (non-hydrogen) atoms. The minimum atomic E-state index is -3.38. The first kappa shape index (κ1) is 17.9. The largest absolute Gasteiger partial charge is 0.459 e. The Morgan fingerprint density at radius 3 is 2.88 bits per heavy atom. The molecule has 1 aliphatic rings. The quantitative estimate of drug-likeness (QED) is 0.855. The molecule has 6 nitrogen and oxygen atoms in total. The van der Waals surface area contributed by atoms with E-state index in [1.807, 2.05) is 44.2 Å². The molecule has 1 aromatic carbocycles. The number of carbonyl (C=O) groups excluding carboxylic acids is 1. The van der Waals surface area contributed by atoms with Gasteiger partial charge in [0, 0.05) is 11.9 Å². The molecule has 1 saturated heterocycles. The normalized spacial score (nSPS) is 20.0. The predicted octanol–water partition coefficient (Wildman–Crippen LogP) is 2.81. The third-order valence-electron chi connectivity index (χ3n) is 4.56. The third kappa shape index (κ3) is 3.72. The van der Waals surface area contributed by atoms with Gasteiger partial charge >= 0.3 is 0 Å². The Bertz CT molecular complexity index is 826. The van der Waals surface area contributed by atoms with E-state index < -0.39 is 16.1 Å². The SMILES string of the molecule is CCCS(=O)(=O)N1CCCC1C(=O)NC(C)c1cc2ccccc2o1. The number of hydrogen-bond donors (Lipinski definition) is 1. The molecule has 1 fully saturated rings. The molecular formula is C18H24N2O4S. The van der Waals surface area contributed by atoms with Crippen LogP contribution < -0.4 is 5.32 Å². The zero-order chi connectivity index (χ0) is 18.0. The summed E-state index contributed by atoms with van der Waals surface area (Å²) in [6.07, 6.45) is 1.81. The molecule has 0 aliphatic carbocycles. The van der Waals surface area contributed by atoms with Crippen molar-refractivity contribution in [2.24, 2.45) is 0 Å². The summed E-state index contributed by atoms with van der Waals surface area (Å²) in [6.45, 7) is 4.08. The van der Waals surface area contributed by atoms with Crippen LogP contribution >= 0.6 is 0 Å². The van der Waals surface area contributed by atoms with Gasteiger partial charge in [-0.25, -0.2) is 8.42 Å². The number of nitrogens with zero attached hydrogens (tertiary/aromatic N) is 1. The number of rotatable bonds is 6. The van der Waals surface area contributed by atoms with Gasteiger partial charge < -0.3 is 9.73 Å². The van der Waals surface area contributed by atoms with Crippen molar-refractivity contribution in [3.63, 3.8) is 0 Å². The second kappa shape index (κ2) is 7.17. The number of benzene rings is 1. The fraction of sp³-hybridized carbons (Fsp3) is 0.500. The first-order chi connectivity index (χ1) is 11.9. The topological polar surface area (TPSA) is 79.6 Å². The van der Waals surface area contributed by atoms with E-state index in [1.165, 1.54) is 4.31 Å². The standard InChI is InChI=1S/C18H24N2O4S/c1-3-11-25(22,23)20-10-6-8-15(20)18(21)19-13(2)17-12-14-7-4-5-9-16(14)24-17/h4-5,7,9,12-13,15H,3,6,8,10-11H2,1-2H3,(H,19,21). The highest BCUT2D eigenvalue weighted by Crippen LogP contribution is 2.26. The average molecular weight is 364 g/mol. The van der Waals surface area contributed by atoms with Crippen molar-refractivity contribution in [1.29, 1.82) is 0 Å². The first-order valence-electron chi connectivity index (χ1n) is 8.70. The maximum absolute atomic E-state index is 12.6. The number of carbonyl (C=O) groups is 1. The van der Waals surface area contributed by atoms with Gasteiger partial charge in [-0.15, -0.1) is 0 Å². The Kier molecular flexibility index (Phi) is 5.15. The van der Waals surface area contributed by atoms with Crippen molar-refractivity contribution in [3.8, 4) is 0 Å². The summed E-state index contributed by atoms with van der Waals surface area (Å²) in [5, 5.41) is 3.88. The number of nitrogens with one attached hydrogen (secondary N) is 1. The summed E-state index contributed by atoms with van der Waals surface area (Å²) in [7, 11) is -3.38. The van der Waals surface area contributed by atoms with Gasteiger partial charge in [0.2, 0.25) is 15.9 Å². The summed E-state index contributed by atoms with van der Waals surface area (Å²) >= 11 is 0. The Hall–Kier alpha value is -1.86. The van der Waals surface area contributed by atoms with E-state index in [2.05, 4.69) is 5.32 Å². The van der Waals surface area contributed by atoms with Crippen LogP contribution in [0.15, 0.2) is 34.7 Å². The molecule has 2 aromatic rings. The predicted molar refractivity (Wildman–Crippen MR) is 96.6 cm³/mol. The fourth-order valence-electron chi connectivity index (χ4n) is 3.31. The van der Waals surface area contributed by atoms with Crippen molar-refractivity contribution in [2.75, 3.05) is 12.3 Å². The van der Waals surface area contributed by atoms with E-state index in [-0.39, 0.29) is 17.7 Å². The number of sulfonamides is 1. The lowest BCUT2D eigenvalue weighted by Crippen LogP contribution is -2.47. The number of para-hydroxylation sites is 1. The van der Waals surface area contributed by atoms with E-state index in [0.29, 0.717) is 31.6 Å². The van der Waals surface area contributed by atoms with E-state index in [1.54, 1.807) is 0 Å². The summed E-state index contributed by atoms with van der Waals surface area (Å²) in [4.78, 5) is 12.6. The molecule has 1 N–H and O–H groups in total. The van der Waals surface area contributed by atoms with Gasteiger partial charge in [-0.1, -0.05) is 25.1 Å². The van der Waals surface area contributed by atoms with E-state index in [0.717, 1.165) is 11.0 Å². The number of hydrogen-bond acceptors (Lipinski definition) is 4.